The van der Waals surface area contributed by atoms with Gasteiger partial charge in [0.15, 0.2) is 0 Å². The second kappa shape index (κ2) is 7.36. The van der Waals surface area contributed by atoms with Gasteiger partial charge >= 0.3 is 11.8 Å². The molecule has 0 atom stereocenters. The minimum absolute atomic E-state index is 0.0202. The van der Waals surface area contributed by atoms with E-state index < -0.39 is 0 Å². The molecule has 1 fully saturated rings. The zero-order valence-electron chi connectivity index (χ0n) is 14.0. The summed E-state index contributed by atoms with van der Waals surface area (Å²) in [5.41, 5.74) is 1.68. The molecule has 1 amide bonds. The van der Waals surface area contributed by atoms with Gasteiger partial charge in [-0.05, 0) is 17.7 Å². The van der Waals surface area contributed by atoms with Crippen LogP contribution in [0.4, 0.5) is 0 Å². The maximum Gasteiger partial charge on any atom is 0.316 e. The predicted octanol–water partition coefficient (Wildman–Crippen LogP) is 0.880. The Morgan fingerprint density at radius 1 is 1.04 bits per heavy atom. The number of amides is 1. The molecule has 1 aliphatic heterocycles. The Labute approximate surface area is 149 Å². The van der Waals surface area contributed by atoms with Crippen LogP contribution < -0.4 is 0 Å². The number of carbonyl (C=O) groups excluding carboxylic acids is 1. The van der Waals surface area contributed by atoms with Gasteiger partial charge < -0.3 is 9.42 Å². The molecule has 0 unspecified atom stereocenters. The van der Waals surface area contributed by atoms with Crippen molar-refractivity contribution in [3.8, 4) is 11.5 Å². The van der Waals surface area contributed by atoms with Gasteiger partial charge in [0.1, 0.15) is 5.69 Å². The number of piperazine rings is 1. The van der Waals surface area contributed by atoms with E-state index in [0.29, 0.717) is 18.8 Å². The van der Waals surface area contributed by atoms with Gasteiger partial charge in [-0.25, -0.2) is 4.98 Å². The lowest BCUT2D eigenvalue weighted by Crippen LogP contribution is -2.48. The highest BCUT2D eigenvalue weighted by Gasteiger charge is 2.26. The summed E-state index contributed by atoms with van der Waals surface area (Å²) in [6.45, 7) is 3.67. The van der Waals surface area contributed by atoms with Crippen molar-refractivity contribution in [3.63, 3.8) is 0 Å². The second-order valence-corrected chi connectivity index (χ2v) is 5.94. The highest BCUT2D eigenvalue weighted by Crippen LogP contribution is 2.14. The average molecular weight is 351 g/mol. The number of nitrogens with zero attached hydrogens (tertiary/aromatic N) is 7. The van der Waals surface area contributed by atoms with E-state index in [9.17, 15) is 4.79 Å². The van der Waals surface area contributed by atoms with Crippen molar-refractivity contribution < 1.29 is 9.32 Å². The third-order valence-corrected chi connectivity index (χ3v) is 4.22. The molecule has 0 radical (unpaired) electrons. The maximum atomic E-state index is 12.6. The van der Waals surface area contributed by atoms with E-state index >= 15 is 0 Å². The lowest BCUT2D eigenvalue weighted by Gasteiger charge is -2.33. The van der Waals surface area contributed by atoms with E-state index in [0.717, 1.165) is 19.6 Å². The normalized spacial score (nSPS) is 15.2. The molecule has 0 spiro atoms. The molecule has 9 nitrogen and oxygen atoms in total. The minimum atomic E-state index is -0.254. The zero-order chi connectivity index (χ0) is 17.8. The number of hydrogen-bond donors (Lipinski definition) is 0. The summed E-state index contributed by atoms with van der Waals surface area (Å²) in [4.78, 5) is 32.9. The van der Waals surface area contributed by atoms with Crippen molar-refractivity contribution in [1.82, 2.24) is 34.9 Å². The van der Waals surface area contributed by atoms with Crippen molar-refractivity contribution in [2.75, 3.05) is 26.2 Å². The number of pyridine rings is 1. The molecule has 1 aliphatic rings. The largest absolute Gasteiger partial charge is 0.332 e. The van der Waals surface area contributed by atoms with Crippen LogP contribution in [0.5, 0.6) is 0 Å². The fraction of sp³-hybridized carbons (Fsp3) is 0.294. The molecule has 132 valence electrons. The first-order valence-electron chi connectivity index (χ1n) is 8.30. The van der Waals surface area contributed by atoms with Crippen molar-refractivity contribution in [2.24, 2.45) is 0 Å². The quantitative estimate of drug-likeness (QED) is 0.683. The van der Waals surface area contributed by atoms with Crippen LogP contribution in [0.15, 0.2) is 47.6 Å². The Hall–Kier alpha value is -3.20. The monoisotopic (exact) mass is 351 g/mol. The molecule has 3 aromatic heterocycles. The van der Waals surface area contributed by atoms with E-state index in [1.807, 2.05) is 12.1 Å². The molecule has 1 saturated heterocycles. The summed E-state index contributed by atoms with van der Waals surface area (Å²) in [6.07, 6.45) is 8.20. The standard InChI is InChI=1S/C17H17N7O2/c25-17(16-21-15(22-26-16)14-11-19-5-6-20-14)24-9-7-23(8-10-24)12-13-1-3-18-4-2-13/h1-6,11H,7-10,12H2. The van der Waals surface area contributed by atoms with Gasteiger partial charge in [-0.1, -0.05) is 5.16 Å². The number of rotatable bonds is 4. The third kappa shape index (κ3) is 3.57. The minimum Gasteiger partial charge on any atom is -0.332 e. The second-order valence-electron chi connectivity index (χ2n) is 5.94. The Kier molecular flexibility index (Phi) is 4.61. The molecule has 9 heteroatoms. The van der Waals surface area contributed by atoms with Crippen LogP contribution in [0.3, 0.4) is 0 Å². The molecule has 26 heavy (non-hydrogen) atoms. The molecule has 3 aromatic rings. The first kappa shape index (κ1) is 16.3. The van der Waals surface area contributed by atoms with E-state index in [-0.39, 0.29) is 17.6 Å². The Balaban J connectivity index is 1.36. The number of hydrogen-bond acceptors (Lipinski definition) is 8. The van der Waals surface area contributed by atoms with Gasteiger partial charge in [0.25, 0.3) is 0 Å². The van der Waals surface area contributed by atoms with E-state index in [1.54, 1.807) is 23.5 Å². The lowest BCUT2D eigenvalue weighted by molar-refractivity contribution is 0.0581. The lowest BCUT2D eigenvalue weighted by atomic mass is 10.2. The fourth-order valence-corrected chi connectivity index (χ4v) is 2.82. The summed E-state index contributed by atoms with van der Waals surface area (Å²) in [5, 5.41) is 3.82. The average Bonchev–Trinajstić information content (AvgIpc) is 3.20. The fourth-order valence-electron chi connectivity index (χ4n) is 2.82. The van der Waals surface area contributed by atoms with Gasteiger partial charge in [-0.15, -0.1) is 0 Å². The SMILES string of the molecule is O=C(c1nc(-c2cnccn2)no1)N1CCN(Cc2ccncc2)CC1. The summed E-state index contributed by atoms with van der Waals surface area (Å²) >= 11 is 0. The third-order valence-electron chi connectivity index (χ3n) is 4.22. The van der Waals surface area contributed by atoms with Crippen LogP contribution in [0.1, 0.15) is 16.2 Å². The molecule has 0 bridgehead atoms. The van der Waals surface area contributed by atoms with Gasteiger partial charge in [0.05, 0.1) is 6.20 Å². The highest BCUT2D eigenvalue weighted by atomic mass is 16.5. The van der Waals surface area contributed by atoms with Crippen LogP contribution in [0.2, 0.25) is 0 Å². The van der Waals surface area contributed by atoms with Crippen molar-refractivity contribution in [3.05, 3.63) is 54.6 Å². The Morgan fingerprint density at radius 3 is 2.58 bits per heavy atom. The van der Waals surface area contributed by atoms with Gasteiger partial charge in [0, 0.05) is 57.5 Å². The summed E-state index contributed by atoms with van der Waals surface area (Å²) in [7, 11) is 0. The van der Waals surface area contributed by atoms with Gasteiger partial charge in [-0.3, -0.25) is 19.7 Å². The maximum absolute atomic E-state index is 12.6. The zero-order valence-corrected chi connectivity index (χ0v) is 14.0. The molecule has 0 aliphatic carbocycles. The number of carbonyl (C=O) groups is 1. The van der Waals surface area contributed by atoms with Crippen LogP contribution in [-0.2, 0) is 6.54 Å². The molecule has 4 heterocycles. The highest BCUT2D eigenvalue weighted by molar-refractivity contribution is 5.90. The van der Waals surface area contributed by atoms with Crippen molar-refractivity contribution in [2.45, 2.75) is 6.54 Å². The summed E-state index contributed by atoms with van der Waals surface area (Å²) in [5.74, 6) is -0.0118. The Bertz CT molecular complexity index is 861. The predicted molar refractivity (Wildman–Crippen MR) is 90.7 cm³/mol. The molecular weight excluding hydrogens is 334 g/mol. The molecule has 0 aromatic carbocycles. The first-order valence-corrected chi connectivity index (χ1v) is 8.30. The first-order chi connectivity index (χ1) is 12.8. The number of aromatic nitrogens is 5. The Morgan fingerprint density at radius 2 is 1.85 bits per heavy atom. The molecule has 0 saturated carbocycles. The topological polar surface area (TPSA) is 101 Å². The summed E-state index contributed by atoms with van der Waals surface area (Å²) in [6, 6.07) is 4.01. The van der Waals surface area contributed by atoms with Crippen LogP contribution in [0.25, 0.3) is 11.5 Å². The van der Waals surface area contributed by atoms with Crippen LogP contribution in [-0.4, -0.2) is 67.0 Å². The molecule has 4 rings (SSSR count). The van der Waals surface area contributed by atoms with Crippen molar-refractivity contribution >= 4 is 5.91 Å². The van der Waals surface area contributed by atoms with Gasteiger partial charge in [0.2, 0.25) is 5.82 Å². The van der Waals surface area contributed by atoms with Crippen molar-refractivity contribution in [1.29, 1.82) is 0 Å². The molecule has 0 N–H and O–H groups in total. The summed E-state index contributed by atoms with van der Waals surface area (Å²) < 4.78 is 5.12. The van der Waals surface area contributed by atoms with Crippen LogP contribution in [0, 0.1) is 0 Å². The van der Waals surface area contributed by atoms with Gasteiger partial charge in [-0.2, -0.15) is 4.98 Å². The van der Waals surface area contributed by atoms with E-state index in [2.05, 4.69) is 30.0 Å². The van der Waals surface area contributed by atoms with E-state index in [1.165, 1.54) is 18.0 Å². The smallest absolute Gasteiger partial charge is 0.316 e. The molecular formula is C17H17N7O2. The van der Waals surface area contributed by atoms with Crippen LogP contribution >= 0.6 is 0 Å². The van der Waals surface area contributed by atoms with E-state index in [4.69, 9.17) is 4.52 Å².